The quantitative estimate of drug-likeness (QED) is 0.541. The smallest absolute Gasteiger partial charge is 0.254 e. The Bertz CT molecular complexity index is 1070. The van der Waals surface area contributed by atoms with Crippen molar-refractivity contribution in [3.63, 3.8) is 0 Å². The van der Waals surface area contributed by atoms with Crippen molar-refractivity contribution in [2.75, 3.05) is 33.4 Å². The average Bonchev–Trinajstić information content (AvgIpc) is 3.30. The summed E-state index contributed by atoms with van der Waals surface area (Å²) in [5.74, 6) is -0.661. The van der Waals surface area contributed by atoms with Crippen molar-refractivity contribution in [2.45, 2.75) is 12.5 Å². The van der Waals surface area contributed by atoms with Crippen LogP contribution in [0.15, 0.2) is 66.0 Å². The topological polar surface area (TPSA) is 49.9 Å². The summed E-state index contributed by atoms with van der Waals surface area (Å²) in [6.07, 6.45) is 0.765. The molecule has 0 N–H and O–H groups in total. The summed E-state index contributed by atoms with van der Waals surface area (Å²) < 4.78 is 18.7. The number of amides is 2. The minimum absolute atomic E-state index is 0.0474. The first kappa shape index (κ1) is 22.2. The van der Waals surface area contributed by atoms with Gasteiger partial charge < -0.3 is 14.5 Å². The Morgan fingerprint density at radius 3 is 2.59 bits per heavy atom. The van der Waals surface area contributed by atoms with Crippen LogP contribution in [0, 0.1) is 5.82 Å². The molecule has 3 aromatic rings. The molecule has 0 aliphatic carbocycles. The third-order valence-electron chi connectivity index (χ3n) is 5.67. The van der Waals surface area contributed by atoms with Crippen molar-refractivity contribution in [1.82, 2.24) is 9.80 Å². The summed E-state index contributed by atoms with van der Waals surface area (Å²) in [7, 11) is 1.57. The van der Waals surface area contributed by atoms with Crippen LogP contribution >= 0.6 is 11.3 Å². The number of halogens is 1. The first-order valence-electron chi connectivity index (χ1n) is 10.5. The molecule has 1 aliphatic heterocycles. The molecule has 1 unspecified atom stereocenters. The van der Waals surface area contributed by atoms with E-state index in [0.29, 0.717) is 25.3 Å². The van der Waals surface area contributed by atoms with Gasteiger partial charge in [0.15, 0.2) is 0 Å². The van der Waals surface area contributed by atoms with Crippen molar-refractivity contribution in [1.29, 1.82) is 0 Å². The van der Waals surface area contributed by atoms with Crippen LogP contribution in [-0.2, 0) is 16.0 Å². The fraction of sp³-hybridized carbons (Fsp3) is 0.280. The van der Waals surface area contributed by atoms with Crippen LogP contribution in [-0.4, -0.2) is 55.0 Å². The van der Waals surface area contributed by atoms with Crippen LogP contribution < -0.4 is 0 Å². The van der Waals surface area contributed by atoms with Gasteiger partial charge >= 0.3 is 0 Å². The summed E-state index contributed by atoms with van der Waals surface area (Å²) in [6, 6.07) is 17.0. The van der Waals surface area contributed by atoms with Crippen molar-refractivity contribution in [3.05, 3.63) is 93.4 Å². The molecule has 1 aromatic heterocycles. The lowest BCUT2D eigenvalue weighted by atomic mass is 9.93. The lowest BCUT2D eigenvalue weighted by Gasteiger charge is -2.37. The SMILES string of the molecule is COCCN(CC(=O)N1CCc2sccc2C1c1ccc(F)cc1)C(=O)c1ccccc1. The highest BCUT2D eigenvalue weighted by Crippen LogP contribution is 2.37. The number of methoxy groups -OCH3 is 1. The van der Waals surface area contributed by atoms with Gasteiger partial charge in [0, 0.05) is 30.6 Å². The zero-order valence-electron chi connectivity index (χ0n) is 17.9. The maximum atomic E-state index is 13.6. The highest BCUT2D eigenvalue weighted by molar-refractivity contribution is 7.10. The minimum Gasteiger partial charge on any atom is -0.383 e. The van der Waals surface area contributed by atoms with E-state index in [2.05, 4.69) is 0 Å². The number of hydrogen-bond acceptors (Lipinski definition) is 4. The number of rotatable bonds is 7. The van der Waals surface area contributed by atoms with E-state index in [1.54, 1.807) is 59.7 Å². The van der Waals surface area contributed by atoms with Crippen LogP contribution in [0.5, 0.6) is 0 Å². The molecule has 2 amide bonds. The molecule has 0 saturated carbocycles. The zero-order valence-corrected chi connectivity index (χ0v) is 18.7. The van der Waals surface area contributed by atoms with Crippen LogP contribution in [0.25, 0.3) is 0 Å². The molecule has 7 heteroatoms. The Balaban J connectivity index is 1.60. The number of thiophene rings is 1. The zero-order chi connectivity index (χ0) is 22.5. The number of nitrogens with zero attached hydrogens (tertiary/aromatic N) is 2. The molecule has 0 spiro atoms. The van der Waals surface area contributed by atoms with Crippen molar-refractivity contribution in [2.24, 2.45) is 0 Å². The maximum absolute atomic E-state index is 13.6. The molecule has 0 radical (unpaired) electrons. The number of hydrogen-bond donors (Lipinski definition) is 0. The van der Waals surface area contributed by atoms with Crippen molar-refractivity contribution >= 4 is 23.2 Å². The predicted molar refractivity (Wildman–Crippen MR) is 122 cm³/mol. The molecule has 4 rings (SSSR count). The number of ether oxygens (including phenoxy) is 1. The summed E-state index contributed by atoms with van der Waals surface area (Å²) >= 11 is 1.67. The Labute approximate surface area is 191 Å². The molecule has 2 heterocycles. The van der Waals surface area contributed by atoms with Crippen LogP contribution in [0.4, 0.5) is 4.39 Å². The number of fused-ring (bicyclic) bond motifs is 1. The summed E-state index contributed by atoms with van der Waals surface area (Å²) in [5, 5.41) is 2.03. The van der Waals surface area contributed by atoms with Gasteiger partial charge in [-0.15, -0.1) is 11.3 Å². The van der Waals surface area contributed by atoms with Gasteiger partial charge in [0.2, 0.25) is 5.91 Å². The average molecular weight is 453 g/mol. The monoisotopic (exact) mass is 452 g/mol. The van der Waals surface area contributed by atoms with Crippen LogP contribution in [0.3, 0.4) is 0 Å². The molecule has 0 fully saturated rings. The van der Waals surface area contributed by atoms with Crippen LogP contribution in [0.1, 0.15) is 32.4 Å². The Morgan fingerprint density at radius 1 is 1.12 bits per heavy atom. The lowest BCUT2D eigenvalue weighted by molar-refractivity contribution is -0.134. The van der Waals surface area contributed by atoms with Crippen molar-refractivity contribution in [3.8, 4) is 0 Å². The second-order valence-corrected chi connectivity index (χ2v) is 8.68. The Morgan fingerprint density at radius 2 is 1.88 bits per heavy atom. The van der Waals surface area contributed by atoms with E-state index >= 15 is 0 Å². The minimum atomic E-state index is -0.313. The molecule has 0 saturated heterocycles. The van der Waals surface area contributed by atoms with Gasteiger partial charge in [-0.2, -0.15) is 0 Å². The van der Waals surface area contributed by atoms with E-state index in [4.69, 9.17) is 4.74 Å². The van der Waals surface area contributed by atoms with E-state index in [-0.39, 0.29) is 30.2 Å². The molecule has 1 atom stereocenters. The van der Waals surface area contributed by atoms with E-state index < -0.39 is 0 Å². The Kier molecular flexibility index (Phi) is 6.97. The first-order valence-corrected chi connectivity index (χ1v) is 11.4. The van der Waals surface area contributed by atoms with Crippen molar-refractivity contribution < 1.29 is 18.7 Å². The maximum Gasteiger partial charge on any atom is 0.254 e. The van der Waals surface area contributed by atoms with E-state index in [1.807, 2.05) is 17.5 Å². The van der Waals surface area contributed by atoms with Crippen LogP contribution in [0.2, 0.25) is 0 Å². The highest BCUT2D eigenvalue weighted by atomic mass is 32.1. The van der Waals surface area contributed by atoms with Gasteiger partial charge in [0.25, 0.3) is 5.91 Å². The lowest BCUT2D eigenvalue weighted by Crippen LogP contribution is -2.47. The summed E-state index contributed by atoms with van der Waals surface area (Å²) in [6.45, 7) is 1.15. The molecular weight excluding hydrogens is 427 g/mol. The third-order valence-corrected chi connectivity index (χ3v) is 6.67. The third kappa shape index (κ3) is 4.74. The van der Waals surface area contributed by atoms with Gasteiger partial charge in [-0.1, -0.05) is 30.3 Å². The van der Waals surface area contributed by atoms with E-state index in [0.717, 1.165) is 17.5 Å². The van der Waals surface area contributed by atoms with Gasteiger partial charge in [-0.05, 0) is 53.3 Å². The Hall–Kier alpha value is -3.03. The molecule has 32 heavy (non-hydrogen) atoms. The van der Waals surface area contributed by atoms with Gasteiger partial charge in [0.05, 0.1) is 12.6 Å². The highest BCUT2D eigenvalue weighted by Gasteiger charge is 2.34. The van der Waals surface area contributed by atoms with E-state index in [9.17, 15) is 14.0 Å². The second-order valence-electron chi connectivity index (χ2n) is 7.68. The number of benzene rings is 2. The summed E-state index contributed by atoms with van der Waals surface area (Å²) in [4.78, 5) is 31.2. The number of carbonyl (C=O) groups is 2. The second kappa shape index (κ2) is 10.1. The summed E-state index contributed by atoms with van der Waals surface area (Å²) in [5.41, 5.74) is 2.46. The molecule has 0 bridgehead atoms. The molecule has 1 aliphatic rings. The molecule has 5 nitrogen and oxygen atoms in total. The largest absolute Gasteiger partial charge is 0.383 e. The van der Waals surface area contributed by atoms with Gasteiger partial charge in [0.1, 0.15) is 12.4 Å². The molecule has 166 valence electrons. The predicted octanol–water partition coefficient (Wildman–Crippen LogP) is 4.15. The fourth-order valence-corrected chi connectivity index (χ4v) is 4.96. The van der Waals surface area contributed by atoms with E-state index in [1.165, 1.54) is 21.9 Å². The number of carbonyl (C=O) groups excluding carboxylic acids is 2. The first-order chi connectivity index (χ1) is 15.6. The molecule has 2 aromatic carbocycles. The molecular formula is C25H25FN2O3S. The van der Waals surface area contributed by atoms with Gasteiger partial charge in [-0.25, -0.2) is 4.39 Å². The standard InChI is InChI=1S/C25H25FN2O3S/c1-31-15-14-27(25(30)19-5-3-2-4-6-19)17-23(29)28-13-11-22-21(12-16-32-22)24(28)18-7-9-20(26)10-8-18/h2-10,12,16,24H,11,13-15,17H2,1H3. The fourth-order valence-electron chi connectivity index (χ4n) is 4.06. The normalized spacial score (nSPS) is 15.3. The van der Waals surface area contributed by atoms with Gasteiger partial charge in [-0.3, -0.25) is 9.59 Å².